The monoisotopic (exact) mass is 275 g/mol. The predicted molar refractivity (Wildman–Crippen MR) is 72.3 cm³/mol. The number of alkyl halides is 1. The van der Waals surface area contributed by atoms with Crippen molar-refractivity contribution in [3.05, 3.63) is 21.4 Å². The highest BCUT2D eigenvalue weighted by molar-refractivity contribution is 7.14. The molecule has 0 radical (unpaired) electrons. The first-order valence-electron chi connectivity index (χ1n) is 5.51. The summed E-state index contributed by atoms with van der Waals surface area (Å²) >= 11 is 7.20. The predicted octanol–water partition coefficient (Wildman–Crippen LogP) is 2.74. The zero-order valence-electron chi connectivity index (χ0n) is 10.4. The zero-order valence-corrected chi connectivity index (χ0v) is 12.0. The van der Waals surface area contributed by atoms with Crippen LogP contribution in [0.1, 0.15) is 26.5 Å². The Hall–Kier alpha value is -0.580. The molecule has 1 aromatic heterocycles. The molecule has 0 saturated heterocycles. The van der Waals surface area contributed by atoms with Crippen molar-refractivity contribution in [1.82, 2.24) is 5.32 Å². The number of carbonyl (C=O) groups is 1. The first-order valence-corrected chi connectivity index (χ1v) is 6.86. The molecule has 0 saturated carbocycles. The summed E-state index contributed by atoms with van der Waals surface area (Å²) in [5.41, 5.74) is 1.15. The Kier molecular flexibility index (Phi) is 5.95. The van der Waals surface area contributed by atoms with Gasteiger partial charge < -0.3 is 10.1 Å². The first kappa shape index (κ1) is 14.5. The van der Waals surface area contributed by atoms with E-state index in [0.29, 0.717) is 18.9 Å². The third kappa shape index (κ3) is 4.30. The van der Waals surface area contributed by atoms with E-state index in [2.05, 4.69) is 5.32 Å². The Balaban J connectivity index is 2.63. The smallest absolute Gasteiger partial charge is 0.261 e. The normalized spacial score (nSPS) is 12.5. The van der Waals surface area contributed by atoms with E-state index in [1.165, 1.54) is 16.2 Å². The number of halogens is 1. The summed E-state index contributed by atoms with van der Waals surface area (Å²) in [7, 11) is 1.62. The van der Waals surface area contributed by atoms with Crippen molar-refractivity contribution in [1.29, 1.82) is 0 Å². The maximum absolute atomic E-state index is 12.0. The highest BCUT2D eigenvalue weighted by Gasteiger charge is 2.15. The summed E-state index contributed by atoms with van der Waals surface area (Å²) in [5.74, 6) is 0.468. The summed E-state index contributed by atoms with van der Waals surface area (Å²) in [5, 5.41) is 2.94. The number of amides is 1. The molecule has 0 aliphatic carbocycles. The molecular formula is C12H18ClNO2S. The Morgan fingerprint density at radius 2 is 2.29 bits per heavy atom. The van der Waals surface area contributed by atoms with Crippen molar-refractivity contribution in [3.8, 4) is 0 Å². The van der Waals surface area contributed by atoms with Crippen molar-refractivity contribution >= 4 is 28.8 Å². The van der Waals surface area contributed by atoms with E-state index in [-0.39, 0.29) is 11.9 Å². The molecule has 0 aliphatic rings. The van der Waals surface area contributed by atoms with Crippen LogP contribution in [0.3, 0.4) is 0 Å². The average Bonchev–Trinajstić information content (AvgIpc) is 2.60. The molecule has 0 spiro atoms. The van der Waals surface area contributed by atoms with Crippen LogP contribution in [0.5, 0.6) is 0 Å². The maximum Gasteiger partial charge on any atom is 0.261 e. The van der Waals surface area contributed by atoms with Gasteiger partial charge in [0.1, 0.15) is 0 Å². The van der Waals surface area contributed by atoms with E-state index >= 15 is 0 Å². The van der Waals surface area contributed by atoms with Gasteiger partial charge in [0, 0.05) is 17.9 Å². The summed E-state index contributed by atoms with van der Waals surface area (Å²) in [6.45, 7) is 4.51. The third-order valence-corrected chi connectivity index (χ3v) is 3.92. The largest absolute Gasteiger partial charge is 0.383 e. The topological polar surface area (TPSA) is 38.3 Å². The lowest BCUT2D eigenvalue weighted by molar-refractivity contribution is 0.0899. The Morgan fingerprint density at radius 3 is 2.76 bits per heavy atom. The second-order valence-electron chi connectivity index (χ2n) is 3.95. The Morgan fingerprint density at radius 1 is 1.59 bits per heavy atom. The van der Waals surface area contributed by atoms with Gasteiger partial charge in [-0.3, -0.25) is 4.79 Å². The van der Waals surface area contributed by atoms with Crippen molar-refractivity contribution in [2.24, 2.45) is 0 Å². The number of carbonyl (C=O) groups excluding carboxylic acids is 1. The molecule has 1 heterocycles. The number of rotatable bonds is 6. The van der Waals surface area contributed by atoms with Gasteiger partial charge in [0.25, 0.3) is 5.91 Å². The van der Waals surface area contributed by atoms with E-state index in [1.807, 2.05) is 19.9 Å². The van der Waals surface area contributed by atoms with E-state index in [4.69, 9.17) is 16.3 Å². The molecule has 1 N–H and O–H groups in total. The fraction of sp³-hybridized carbons (Fsp3) is 0.583. The molecule has 1 unspecified atom stereocenters. The summed E-state index contributed by atoms with van der Waals surface area (Å²) in [6, 6.07) is 1.90. The van der Waals surface area contributed by atoms with Gasteiger partial charge in [0.15, 0.2) is 0 Å². The van der Waals surface area contributed by atoms with Crippen LogP contribution in [0.2, 0.25) is 0 Å². The molecule has 1 aromatic rings. The van der Waals surface area contributed by atoms with Crippen molar-refractivity contribution in [2.45, 2.75) is 26.3 Å². The van der Waals surface area contributed by atoms with E-state index in [9.17, 15) is 4.79 Å². The van der Waals surface area contributed by atoms with E-state index in [1.54, 1.807) is 7.11 Å². The van der Waals surface area contributed by atoms with Crippen molar-refractivity contribution in [2.75, 3.05) is 19.6 Å². The molecule has 0 fully saturated rings. The van der Waals surface area contributed by atoms with Crippen LogP contribution >= 0.6 is 22.9 Å². The molecule has 0 aliphatic heterocycles. The highest BCUT2D eigenvalue weighted by atomic mass is 35.5. The molecule has 1 atom stereocenters. The fourth-order valence-corrected chi connectivity index (χ4v) is 2.67. The minimum atomic E-state index is -0.0432. The van der Waals surface area contributed by atoms with Crippen LogP contribution in [-0.2, 0) is 4.74 Å². The number of ether oxygens (including phenoxy) is 1. The van der Waals surface area contributed by atoms with Crippen molar-refractivity contribution < 1.29 is 9.53 Å². The van der Waals surface area contributed by atoms with Gasteiger partial charge in [0.05, 0.1) is 17.5 Å². The zero-order chi connectivity index (χ0) is 12.8. The quantitative estimate of drug-likeness (QED) is 0.811. The lowest BCUT2D eigenvalue weighted by atomic mass is 10.2. The lowest BCUT2D eigenvalue weighted by Gasteiger charge is -2.15. The summed E-state index contributed by atoms with van der Waals surface area (Å²) in [4.78, 5) is 13.9. The van der Waals surface area contributed by atoms with E-state index < -0.39 is 0 Å². The molecule has 1 amide bonds. The number of aryl methyl sites for hydroxylation is 2. The van der Waals surface area contributed by atoms with Crippen LogP contribution in [-0.4, -0.2) is 31.5 Å². The standard InChI is InChI=1S/C12H18ClNO2S/c1-8-6-11(17-9(8)2)12(15)14-10(4-5-13)7-16-3/h6,10H,4-5,7H2,1-3H3,(H,14,15). The Labute approximate surface area is 111 Å². The van der Waals surface area contributed by atoms with Crippen LogP contribution in [0, 0.1) is 13.8 Å². The lowest BCUT2D eigenvalue weighted by Crippen LogP contribution is -2.38. The number of methoxy groups -OCH3 is 1. The SMILES string of the molecule is COCC(CCCl)NC(=O)c1cc(C)c(C)s1. The number of hydrogen-bond acceptors (Lipinski definition) is 3. The minimum absolute atomic E-state index is 0.0206. The molecule has 17 heavy (non-hydrogen) atoms. The summed E-state index contributed by atoms with van der Waals surface area (Å²) < 4.78 is 5.05. The average molecular weight is 276 g/mol. The number of nitrogens with one attached hydrogen (secondary N) is 1. The van der Waals surface area contributed by atoms with E-state index in [0.717, 1.165) is 10.4 Å². The molecule has 1 rings (SSSR count). The summed E-state index contributed by atoms with van der Waals surface area (Å²) in [6.07, 6.45) is 0.713. The molecule has 96 valence electrons. The second kappa shape index (κ2) is 6.99. The van der Waals surface area contributed by atoms with Crippen LogP contribution in [0.4, 0.5) is 0 Å². The molecule has 3 nitrogen and oxygen atoms in total. The van der Waals surface area contributed by atoms with Crippen LogP contribution in [0.15, 0.2) is 6.07 Å². The van der Waals surface area contributed by atoms with Gasteiger partial charge in [-0.15, -0.1) is 22.9 Å². The second-order valence-corrected chi connectivity index (χ2v) is 5.59. The minimum Gasteiger partial charge on any atom is -0.383 e. The Bertz CT molecular complexity index is 353. The molecule has 0 bridgehead atoms. The number of thiophene rings is 1. The van der Waals surface area contributed by atoms with Crippen LogP contribution in [0.25, 0.3) is 0 Å². The number of hydrogen-bond donors (Lipinski definition) is 1. The molecule has 5 heteroatoms. The highest BCUT2D eigenvalue weighted by Crippen LogP contribution is 2.20. The maximum atomic E-state index is 12.0. The van der Waals surface area contributed by atoms with Gasteiger partial charge in [0.2, 0.25) is 0 Å². The third-order valence-electron chi connectivity index (χ3n) is 2.55. The molecule has 0 aromatic carbocycles. The van der Waals surface area contributed by atoms with Crippen molar-refractivity contribution in [3.63, 3.8) is 0 Å². The van der Waals surface area contributed by atoms with Crippen LogP contribution < -0.4 is 5.32 Å². The molecular weight excluding hydrogens is 258 g/mol. The van der Waals surface area contributed by atoms with Gasteiger partial charge in [-0.25, -0.2) is 0 Å². The van der Waals surface area contributed by atoms with Gasteiger partial charge in [-0.1, -0.05) is 0 Å². The fourth-order valence-electron chi connectivity index (χ4n) is 1.47. The van der Waals surface area contributed by atoms with Gasteiger partial charge in [-0.2, -0.15) is 0 Å². The van der Waals surface area contributed by atoms with Gasteiger partial charge >= 0.3 is 0 Å². The first-order chi connectivity index (χ1) is 8.08. The van der Waals surface area contributed by atoms with Gasteiger partial charge in [-0.05, 0) is 31.9 Å².